The molecule has 1 amide bonds. The Kier molecular flexibility index (Phi) is 6.91. The first kappa shape index (κ1) is 22.9. The van der Waals surface area contributed by atoms with Crippen LogP contribution in [0.25, 0.3) is 11.2 Å². The zero-order valence-electron chi connectivity index (χ0n) is 19.5. The third-order valence-electron chi connectivity index (χ3n) is 5.83. The lowest BCUT2D eigenvalue weighted by Crippen LogP contribution is -2.26. The van der Waals surface area contributed by atoms with Gasteiger partial charge in [-0.15, -0.1) is 0 Å². The van der Waals surface area contributed by atoms with Crippen LogP contribution in [-0.4, -0.2) is 32.4 Å². The second-order valence-corrected chi connectivity index (χ2v) is 9.39. The fourth-order valence-electron chi connectivity index (χ4n) is 4.00. The van der Waals surface area contributed by atoms with Crippen LogP contribution in [0.2, 0.25) is 0 Å². The fourth-order valence-corrected chi connectivity index (χ4v) is 4.96. The molecule has 35 heavy (non-hydrogen) atoms. The summed E-state index contributed by atoms with van der Waals surface area (Å²) in [5, 5.41) is 0.935. The average Bonchev–Trinajstić information content (AvgIpc) is 3.25. The van der Waals surface area contributed by atoms with Gasteiger partial charge in [0.2, 0.25) is 0 Å². The van der Waals surface area contributed by atoms with E-state index < -0.39 is 0 Å². The molecule has 3 aromatic carbocycles. The highest BCUT2D eigenvalue weighted by molar-refractivity contribution is 7.98. The van der Waals surface area contributed by atoms with E-state index in [0.29, 0.717) is 12.1 Å². The number of amides is 1. The predicted molar refractivity (Wildman–Crippen MR) is 141 cm³/mol. The summed E-state index contributed by atoms with van der Waals surface area (Å²) in [5.41, 5.74) is 5.95. The molecule has 5 nitrogen and oxygen atoms in total. The third-order valence-corrected chi connectivity index (χ3v) is 6.88. The van der Waals surface area contributed by atoms with Gasteiger partial charge in [0, 0.05) is 31.1 Å². The van der Waals surface area contributed by atoms with E-state index >= 15 is 0 Å². The van der Waals surface area contributed by atoms with E-state index in [9.17, 15) is 4.79 Å². The van der Waals surface area contributed by atoms with Gasteiger partial charge in [-0.05, 0) is 41.0 Å². The molecule has 0 saturated heterocycles. The number of aromatic nitrogens is 3. The molecule has 0 radical (unpaired) electrons. The summed E-state index contributed by atoms with van der Waals surface area (Å²) in [7, 11) is 1.84. The number of hydrogen-bond donors (Lipinski definition) is 0. The molecule has 0 fully saturated rings. The number of nitrogens with zero attached hydrogens (tertiary/aromatic N) is 4. The highest BCUT2D eigenvalue weighted by Gasteiger charge is 2.14. The van der Waals surface area contributed by atoms with Crippen LogP contribution in [0.15, 0.2) is 108 Å². The van der Waals surface area contributed by atoms with Gasteiger partial charge in [-0.1, -0.05) is 84.6 Å². The van der Waals surface area contributed by atoms with E-state index in [1.165, 1.54) is 5.56 Å². The van der Waals surface area contributed by atoms with E-state index in [2.05, 4.69) is 33.8 Å². The van der Waals surface area contributed by atoms with E-state index in [1.54, 1.807) is 16.7 Å². The van der Waals surface area contributed by atoms with Crippen LogP contribution in [0, 0.1) is 0 Å². The number of carbonyl (C=O) groups is 1. The summed E-state index contributed by atoms with van der Waals surface area (Å²) in [6, 6.07) is 32.2. The summed E-state index contributed by atoms with van der Waals surface area (Å²) < 4.78 is 2.17. The Hall–Kier alpha value is -3.90. The largest absolute Gasteiger partial charge is 0.337 e. The molecule has 0 spiro atoms. The van der Waals surface area contributed by atoms with Gasteiger partial charge in [0.25, 0.3) is 5.91 Å². The van der Waals surface area contributed by atoms with Gasteiger partial charge in [-0.3, -0.25) is 9.36 Å². The first-order chi connectivity index (χ1) is 17.2. The quantitative estimate of drug-likeness (QED) is 0.255. The molecule has 0 N–H and O–H groups in total. The molecular formula is C29H26N4OS. The zero-order chi connectivity index (χ0) is 24.0. The fraction of sp³-hybridized carbons (Fsp3) is 0.138. The lowest BCUT2D eigenvalue weighted by atomic mass is 10.1. The molecule has 5 aromatic rings. The van der Waals surface area contributed by atoms with Crippen LogP contribution in [0.4, 0.5) is 0 Å². The Bertz CT molecular complexity index is 1420. The number of carbonyl (C=O) groups excluding carboxylic acids is 1. The van der Waals surface area contributed by atoms with Crippen molar-refractivity contribution in [3.05, 3.63) is 126 Å². The maximum absolute atomic E-state index is 12.9. The highest BCUT2D eigenvalue weighted by Crippen LogP contribution is 2.27. The molecule has 0 atom stereocenters. The van der Waals surface area contributed by atoms with Crippen molar-refractivity contribution in [1.29, 1.82) is 0 Å². The molecule has 5 rings (SSSR count). The standard InChI is InChI=1S/C29H26N4OS/c1-32(19-22-9-4-2-5-10-22)28(34)25-16-14-24(15-17-25)21-35-29-31-26-13-8-18-30-27(26)33(29)20-23-11-6-3-7-12-23/h2-18H,19-21H2,1H3. The summed E-state index contributed by atoms with van der Waals surface area (Å²) in [6.45, 7) is 1.31. The van der Waals surface area contributed by atoms with Crippen LogP contribution < -0.4 is 0 Å². The van der Waals surface area contributed by atoms with Crippen LogP contribution in [-0.2, 0) is 18.8 Å². The van der Waals surface area contributed by atoms with Gasteiger partial charge in [-0.25, -0.2) is 9.97 Å². The number of imidazole rings is 1. The van der Waals surface area contributed by atoms with E-state index in [4.69, 9.17) is 4.98 Å². The predicted octanol–water partition coefficient (Wildman–Crippen LogP) is 6.04. The van der Waals surface area contributed by atoms with Crippen LogP contribution in [0.3, 0.4) is 0 Å². The Labute approximate surface area is 209 Å². The Morgan fingerprint density at radius 2 is 1.51 bits per heavy atom. The minimum absolute atomic E-state index is 0.0174. The molecule has 0 aliphatic rings. The summed E-state index contributed by atoms with van der Waals surface area (Å²) in [4.78, 5) is 24.0. The van der Waals surface area contributed by atoms with Crippen molar-refractivity contribution < 1.29 is 4.79 Å². The van der Waals surface area contributed by atoms with Gasteiger partial charge >= 0.3 is 0 Å². The van der Waals surface area contributed by atoms with Gasteiger partial charge in [-0.2, -0.15) is 0 Å². The maximum atomic E-state index is 12.9. The van der Waals surface area contributed by atoms with Crippen molar-refractivity contribution in [2.24, 2.45) is 0 Å². The molecule has 2 heterocycles. The molecule has 0 aliphatic heterocycles. The number of pyridine rings is 1. The molecule has 174 valence electrons. The minimum Gasteiger partial charge on any atom is -0.337 e. The number of fused-ring (bicyclic) bond motifs is 1. The van der Waals surface area contributed by atoms with Crippen LogP contribution in [0.5, 0.6) is 0 Å². The number of benzene rings is 3. The molecule has 0 bridgehead atoms. The zero-order valence-corrected chi connectivity index (χ0v) is 20.4. The summed E-state index contributed by atoms with van der Waals surface area (Å²) in [5.74, 6) is 0.774. The first-order valence-electron chi connectivity index (χ1n) is 11.5. The van der Waals surface area contributed by atoms with Gasteiger partial charge in [0.1, 0.15) is 5.52 Å². The van der Waals surface area contributed by atoms with Crippen molar-refractivity contribution in [3.8, 4) is 0 Å². The smallest absolute Gasteiger partial charge is 0.253 e. The van der Waals surface area contributed by atoms with Crippen molar-refractivity contribution in [1.82, 2.24) is 19.4 Å². The van der Waals surface area contributed by atoms with Crippen molar-refractivity contribution in [3.63, 3.8) is 0 Å². The maximum Gasteiger partial charge on any atom is 0.253 e. The first-order valence-corrected chi connectivity index (χ1v) is 12.5. The molecule has 6 heteroatoms. The van der Waals surface area contributed by atoms with Crippen molar-refractivity contribution in [2.75, 3.05) is 7.05 Å². The van der Waals surface area contributed by atoms with Gasteiger partial charge in [0.05, 0.1) is 6.54 Å². The number of thioether (sulfide) groups is 1. The number of rotatable bonds is 8. The van der Waals surface area contributed by atoms with Crippen LogP contribution in [0.1, 0.15) is 27.0 Å². The lowest BCUT2D eigenvalue weighted by molar-refractivity contribution is 0.0785. The molecule has 0 unspecified atom stereocenters. The molecule has 0 saturated carbocycles. The molecule has 2 aromatic heterocycles. The van der Waals surface area contributed by atoms with Gasteiger partial charge in [0.15, 0.2) is 10.8 Å². The monoisotopic (exact) mass is 478 g/mol. The summed E-state index contributed by atoms with van der Waals surface area (Å²) in [6.07, 6.45) is 1.81. The highest BCUT2D eigenvalue weighted by atomic mass is 32.2. The van der Waals surface area contributed by atoms with Crippen molar-refractivity contribution in [2.45, 2.75) is 24.0 Å². The van der Waals surface area contributed by atoms with Crippen LogP contribution >= 0.6 is 11.8 Å². The third kappa shape index (κ3) is 5.44. The lowest BCUT2D eigenvalue weighted by Gasteiger charge is -2.17. The second-order valence-electron chi connectivity index (χ2n) is 8.44. The second kappa shape index (κ2) is 10.6. The topological polar surface area (TPSA) is 51.0 Å². The SMILES string of the molecule is CN(Cc1ccccc1)C(=O)c1ccc(CSc2nc3cccnc3n2Cc2ccccc2)cc1. The Balaban J connectivity index is 1.28. The van der Waals surface area contributed by atoms with E-state index in [1.807, 2.05) is 86.0 Å². The molecular weight excluding hydrogens is 452 g/mol. The minimum atomic E-state index is 0.0174. The summed E-state index contributed by atoms with van der Waals surface area (Å²) >= 11 is 1.68. The number of hydrogen-bond acceptors (Lipinski definition) is 4. The van der Waals surface area contributed by atoms with E-state index in [0.717, 1.165) is 39.7 Å². The average molecular weight is 479 g/mol. The van der Waals surface area contributed by atoms with E-state index in [-0.39, 0.29) is 5.91 Å². The Morgan fingerprint density at radius 3 is 2.23 bits per heavy atom. The van der Waals surface area contributed by atoms with Crippen molar-refractivity contribution >= 4 is 28.8 Å². The van der Waals surface area contributed by atoms with Gasteiger partial charge < -0.3 is 4.90 Å². The molecule has 0 aliphatic carbocycles. The normalized spacial score (nSPS) is 11.0. The Morgan fingerprint density at radius 1 is 0.829 bits per heavy atom.